The van der Waals surface area contributed by atoms with Crippen molar-refractivity contribution in [1.82, 2.24) is 29.9 Å². The van der Waals surface area contributed by atoms with E-state index >= 15 is 0 Å². The Labute approximate surface area is 241 Å². The Bertz CT molecular complexity index is 1190. The number of ether oxygens (including phenoxy) is 3. The number of carbonyl (C=O) groups is 3. The third-order valence-electron chi connectivity index (χ3n) is 6.98. The second-order valence-electron chi connectivity index (χ2n) is 11.4. The van der Waals surface area contributed by atoms with Gasteiger partial charge >= 0.3 is 12.1 Å². The maximum absolute atomic E-state index is 13.9. The highest BCUT2D eigenvalue weighted by molar-refractivity contribution is 5.83. The van der Waals surface area contributed by atoms with E-state index in [0.29, 0.717) is 19.6 Å². The molecule has 0 bridgehead atoms. The van der Waals surface area contributed by atoms with Crippen LogP contribution in [-0.2, 0) is 30.3 Å². The van der Waals surface area contributed by atoms with Gasteiger partial charge in [0.2, 0.25) is 0 Å². The van der Waals surface area contributed by atoms with Crippen LogP contribution >= 0.6 is 0 Å². The molecule has 2 aromatic rings. The lowest BCUT2D eigenvalue weighted by atomic mass is 10.1. The van der Waals surface area contributed by atoms with Crippen molar-refractivity contribution in [3.05, 3.63) is 36.2 Å². The summed E-state index contributed by atoms with van der Waals surface area (Å²) in [7, 11) is 1.36. The van der Waals surface area contributed by atoms with E-state index < -0.39 is 17.8 Å². The summed E-state index contributed by atoms with van der Waals surface area (Å²) in [5.74, 6) is -0.454. The number of rotatable bonds is 11. The van der Waals surface area contributed by atoms with Crippen LogP contribution in [0.1, 0.15) is 58.7 Å². The molecule has 12 heteroatoms. The van der Waals surface area contributed by atoms with Crippen molar-refractivity contribution >= 4 is 18.0 Å². The topological polar surface area (TPSA) is 128 Å². The lowest BCUT2D eigenvalue weighted by Gasteiger charge is -2.37. The zero-order valence-corrected chi connectivity index (χ0v) is 24.7. The lowest BCUT2D eigenvalue weighted by Crippen LogP contribution is -2.54. The molecule has 1 saturated carbocycles. The van der Waals surface area contributed by atoms with Crippen molar-refractivity contribution in [3.8, 4) is 11.4 Å². The van der Waals surface area contributed by atoms with Gasteiger partial charge in [0.15, 0.2) is 6.10 Å². The number of aryl methyl sites for hydroxylation is 1. The number of amides is 2. The van der Waals surface area contributed by atoms with Gasteiger partial charge in [-0.1, -0.05) is 6.07 Å². The standard InChI is InChI=1S/C29H42N6O6/c1-20(35(21-10-11-21)27(37)25-19-33(15-16-40-25)28(38)41-29(2,3)4)23-17-24(22-9-6-7-13-31-22)34(32-23)14-8-12-30-18-26(36)39-5/h6-7,9,13,17,20-21,25,30H,8,10-12,14-16,18-19H2,1-5H3/t20-,25+/m0/s1. The van der Waals surface area contributed by atoms with Gasteiger partial charge < -0.3 is 29.3 Å². The molecule has 2 aromatic heterocycles. The van der Waals surface area contributed by atoms with Gasteiger partial charge in [-0.2, -0.15) is 5.10 Å². The first-order valence-electron chi connectivity index (χ1n) is 14.3. The summed E-state index contributed by atoms with van der Waals surface area (Å²) < 4.78 is 18.0. The van der Waals surface area contributed by atoms with E-state index in [0.717, 1.165) is 36.3 Å². The first kappa shape index (κ1) is 30.4. The fourth-order valence-electron chi connectivity index (χ4n) is 4.79. The number of methoxy groups -OCH3 is 1. The van der Waals surface area contributed by atoms with Crippen molar-refractivity contribution in [3.63, 3.8) is 0 Å². The number of pyridine rings is 1. The molecule has 0 aromatic carbocycles. The number of nitrogens with one attached hydrogen (secondary N) is 1. The molecule has 0 radical (unpaired) electrons. The smallest absolute Gasteiger partial charge is 0.410 e. The normalized spacial score (nSPS) is 18.1. The van der Waals surface area contributed by atoms with Gasteiger partial charge in [0, 0.05) is 25.3 Å². The lowest BCUT2D eigenvalue weighted by molar-refractivity contribution is -0.152. The van der Waals surface area contributed by atoms with E-state index in [9.17, 15) is 14.4 Å². The Balaban J connectivity index is 1.49. The summed E-state index contributed by atoms with van der Waals surface area (Å²) in [5.41, 5.74) is 1.78. The molecule has 41 heavy (non-hydrogen) atoms. The first-order chi connectivity index (χ1) is 19.6. The van der Waals surface area contributed by atoms with Crippen molar-refractivity contribution in [2.45, 2.75) is 77.3 Å². The van der Waals surface area contributed by atoms with Gasteiger partial charge in [-0.15, -0.1) is 0 Å². The van der Waals surface area contributed by atoms with Crippen LogP contribution in [-0.4, -0.2) is 100 Å². The van der Waals surface area contributed by atoms with Gasteiger partial charge in [0.1, 0.15) is 5.60 Å². The highest BCUT2D eigenvalue weighted by Crippen LogP contribution is 2.36. The SMILES string of the molecule is COC(=O)CNCCCn1nc([C@H](C)N(C(=O)[C@H]2CN(C(=O)OC(C)(C)C)CCO2)C2CC2)cc1-c1ccccn1. The van der Waals surface area contributed by atoms with Crippen LogP contribution in [0.2, 0.25) is 0 Å². The van der Waals surface area contributed by atoms with E-state index in [4.69, 9.17) is 14.6 Å². The van der Waals surface area contributed by atoms with Crippen molar-refractivity contribution < 1.29 is 28.6 Å². The Kier molecular flexibility index (Phi) is 9.98. The van der Waals surface area contributed by atoms with Gasteiger partial charge in [-0.25, -0.2) is 4.79 Å². The average molecular weight is 571 g/mol. The third-order valence-corrected chi connectivity index (χ3v) is 6.98. The molecule has 3 heterocycles. The third kappa shape index (κ3) is 8.26. The summed E-state index contributed by atoms with van der Waals surface area (Å²) in [6.07, 6.45) is 3.09. The quantitative estimate of drug-likeness (QED) is 0.320. The van der Waals surface area contributed by atoms with Crippen LogP contribution < -0.4 is 5.32 Å². The zero-order valence-electron chi connectivity index (χ0n) is 24.7. The zero-order chi connectivity index (χ0) is 29.6. The van der Waals surface area contributed by atoms with E-state index in [1.807, 2.05) is 61.5 Å². The minimum Gasteiger partial charge on any atom is -0.468 e. The predicted molar refractivity (Wildman–Crippen MR) is 151 cm³/mol. The molecule has 0 spiro atoms. The number of aromatic nitrogens is 3. The summed E-state index contributed by atoms with van der Waals surface area (Å²) in [6.45, 7) is 9.60. The minimum atomic E-state index is -0.766. The Morgan fingerprint density at radius 2 is 2.02 bits per heavy atom. The fourth-order valence-corrected chi connectivity index (χ4v) is 4.79. The van der Waals surface area contributed by atoms with Crippen LogP contribution in [0.25, 0.3) is 11.4 Å². The summed E-state index contributed by atoms with van der Waals surface area (Å²) in [5, 5.41) is 7.99. The van der Waals surface area contributed by atoms with Gasteiger partial charge in [0.05, 0.1) is 49.9 Å². The highest BCUT2D eigenvalue weighted by atomic mass is 16.6. The van der Waals surface area contributed by atoms with E-state index in [1.165, 1.54) is 7.11 Å². The molecular formula is C29H42N6O6. The van der Waals surface area contributed by atoms with Crippen LogP contribution in [0.3, 0.4) is 0 Å². The molecule has 2 amide bonds. The maximum atomic E-state index is 13.9. The molecule has 2 atom stereocenters. The molecule has 2 fully saturated rings. The molecule has 1 aliphatic carbocycles. The van der Waals surface area contributed by atoms with E-state index in [-0.39, 0.29) is 43.7 Å². The number of hydrogen-bond acceptors (Lipinski definition) is 9. The maximum Gasteiger partial charge on any atom is 0.410 e. The van der Waals surface area contributed by atoms with Crippen molar-refractivity contribution in [2.24, 2.45) is 0 Å². The van der Waals surface area contributed by atoms with Crippen LogP contribution in [0.4, 0.5) is 4.79 Å². The summed E-state index contributed by atoms with van der Waals surface area (Å²) in [6, 6.07) is 7.51. The predicted octanol–water partition coefficient (Wildman–Crippen LogP) is 2.79. The molecule has 224 valence electrons. The second-order valence-corrected chi connectivity index (χ2v) is 11.4. The monoisotopic (exact) mass is 570 g/mol. The van der Waals surface area contributed by atoms with E-state index in [1.54, 1.807) is 11.1 Å². The number of esters is 1. The Morgan fingerprint density at radius 3 is 2.68 bits per heavy atom. The molecule has 2 aliphatic rings. The average Bonchev–Trinajstić information content (AvgIpc) is 3.69. The molecule has 4 rings (SSSR count). The van der Waals surface area contributed by atoms with Crippen LogP contribution in [0, 0.1) is 0 Å². The highest BCUT2D eigenvalue weighted by Gasteiger charge is 2.42. The van der Waals surface area contributed by atoms with Gasteiger partial charge in [0.25, 0.3) is 5.91 Å². The molecule has 1 N–H and O–H groups in total. The molecule has 1 aliphatic heterocycles. The summed E-state index contributed by atoms with van der Waals surface area (Å²) in [4.78, 5) is 45.9. The van der Waals surface area contributed by atoms with Crippen LogP contribution in [0.5, 0.6) is 0 Å². The number of hydrogen-bond donors (Lipinski definition) is 1. The molecular weight excluding hydrogens is 528 g/mol. The van der Waals surface area contributed by atoms with Gasteiger partial charge in [-0.05, 0) is 71.7 Å². The molecule has 12 nitrogen and oxygen atoms in total. The second kappa shape index (κ2) is 13.4. The van der Waals surface area contributed by atoms with Crippen LogP contribution in [0.15, 0.2) is 30.5 Å². The minimum absolute atomic E-state index is 0.101. The number of carbonyl (C=O) groups excluding carboxylic acids is 3. The molecule has 1 saturated heterocycles. The fraction of sp³-hybridized carbons (Fsp3) is 0.621. The number of morpholine rings is 1. The Hall–Kier alpha value is -3.51. The molecule has 0 unspecified atom stereocenters. The number of nitrogens with zero attached hydrogens (tertiary/aromatic N) is 5. The van der Waals surface area contributed by atoms with Crippen molar-refractivity contribution in [2.75, 3.05) is 39.9 Å². The van der Waals surface area contributed by atoms with Gasteiger partial charge in [-0.3, -0.25) is 19.3 Å². The van der Waals surface area contributed by atoms with E-state index in [2.05, 4.69) is 15.0 Å². The first-order valence-corrected chi connectivity index (χ1v) is 14.3. The summed E-state index contributed by atoms with van der Waals surface area (Å²) >= 11 is 0. The largest absolute Gasteiger partial charge is 0.468 e. The van der Waals surface area contributed by atoms with Crippen molar-refractivity contribution in [1.29, 1.82) is 0 Å². The Morgan fingerprint density at radius 1 is 1.24 bits per heavy atom.